The fourth-order valence-electron chi connectivity index (χ4n) is 4.00. The molecule has 0 aromatic heterocycles. The van der Waals surface area contributed by atoms with E-state index in [1.54, 1.807) is 24.3 Å². The van der Waals surface area contributed by atoms with Crippen LogP contribution in [0.3, 0.4) is 0 Å². The summed E-state index contributed by atoms with van der Waals surface area (Å²) in [7, 11) is 8.28. The second kappa shape index (κ2) is 10.9. The molecule has 0 aliphatic heterocycles. The van der Waals surface area contributed by atoms with Gasteiger partial charge < -0.3 is 33.7 Å². The first-order valence-electron chi connectivity index (χ1n) is 10.7. The highest BCUT2D eigenvalue weighted by molar-refractivity contribution is 6.16. The molecular formula is C26H27NO9. The van der Waals surface area contributed by atoms with E-state index in [4.69, 9.17) is 28.4 Å². The first-order valence-corrected chi connectivity index (χ1v) is 10.7. The zero-order valence-corrected chi connectivity index (χ0v) is 21.1. The van der Waals surface area contributed by atoms with Crippen LogP contribution in [0.25, 0.3) is 21.9 Å². The number of carbonyl (C=O) groups is 3. The lowest BCUT2D eigenvalue weighted by Crippen LogP contribution is -2.14. The van der Waals surface area contributed by atoms with Crippen LogP contribution in [0.15, 0.2) is 30.3 Å². The van der Waals surface area contributed by atoms with E-state index < -0.39 is 11.9 Å². The molecule has 0 aliphatic rings. The van der Waals surface area contributed by atoms with E-state index in [-0.39, 0.29) is 28.5 Å². The van der Waals surface area contributed by atoms with Gasteiger partial charge in [0.2, 0.25) is 5.91 Å². The number of esters is 2. The monoisotopic (exact) mass is 497 g/mol. The van der Waals surface area contributed by atoms with Crippen molar-refractivity contribution >= 4 is 34.3 Å². The van der Waals surface area contributed by atoms with Gasteiger partial charge in [0.15, 0.2) is 23.0 Å². The minimum atomic E-state index is -0.766. The lowest BCUT2D eigenvalue weighted by atomic mass is 9.88. The predicted octanol–water partition coefficient (Wildman–Crippen LogP) is 4.07. The van der Waals surface area contributed by atoms with Gasteiger partial charge in [-0.2, -0.15) is 0 Å². The van der Waals surface area contributed by atoms with Gasteiger partial charge in [0.25, 0.3) is 0 Å². The lowest BCUT2D eigenvalue weighted by molar-refractivity contribution is -0.114. The summed E-state index contributed by atoms with van der Waals surface area (Å²) in [4.78, 5) is 37.8. The highest BCUT2D eigenvalue weighted by Gasteiger charge is 2.28. The van der Waals surface area contributed by atoms with Crippen LogP contribution in [0.2, 0.25) is 0 Å². The number of anilines is 1. The highest BCUT2D eigenvalue weighted by atomic mass is 16.5. The van der Waals surface area contributed by atoms with Crippen molar-refractivity contribution in [2.24, 2.45) is 0 Å². The molecule has 0 heterocycles. The van der Waals surface area contributed by atoms with Gasteiger partial charge in [0.05, 0.1) is 59.5 Å². The molecule has 0 radical (unpaired) electrons. The molecule has 1 amide bonds. The molecule has 3 aromatic rings. The van der Waals surface area contributed by atoms with E-state index in [1.807, 2.05) is 0 Å². The molecule has 10 nitrogen and oxygen atoms in total. The molecule has 0 saturated carbocycles. The largest absolute Gasteiger partial charge is 0.493 e. The van der Waals surface area contributed by atoms with Crippen molar-refractivity contribution in [1.82, 2.24) is 0 Å². The van der Waals surface area contributed by atoms with Gasteiger partial charge in [0.1, 0.15) is 0 Å². The predicted molar refractivity (Wildman–Crippen MR) is 133 cm³/mol. The average Bonchev–Trinajstić information content (AvgIpc) is 2.89. The van der Waals surface area contributed by atoms with Crippen LogP contribution in [-0.2, 0) is 14.3 Å². The van der Waals surface area contributed by atoms with Crippen molar-refractivity contribution in [3.05, 3.63) is 41.5 Å². The van der Waals surface area contributed by atoms with Crippen molar-refractivity contribution in [3.63, 3.8) is 0 Å². The number of amides is 1. The Labute approximate surface area is 208 Å². The Kier molecular flexibility index (Phi) is 7.88. The molecule has 0 spiro atoms. The second-order valence-corrected chi connectivity index (χ2v) is 7.53. The van der Waals surface area contributed by atoms with Crippen molar-refractivity contribution in [3.8, 4) is 34.1 Å². The molecule has 0 saturated heterocycles. The third-order valence-electron chi connectivity index (χ3n) is 5.52. The van der Waals surface area contributed by atoms with Crippen molar-refractivity contribution in [1.29, 1.82) is 0 Å². The summed E-state index contributed by atoms with van der Waals surface area (Å²) in [6.07, 6.45) is 0. The number of rotatable bonds is 8. The Morgan fingerprint density at radius 1 is 0.694 bits per heavy atom. The maximum Gasteiger partial charge on any atom is 0.339 e. The van der Waals surface area contributed by atoms with E-state index >= 15 is 0 Å². The molecule has 0 aliphatic carbocycles. The Bertz CT molecular complexity index is 1350. The van der Waals surface area contributed by atoms with Gasteiger partial charge in [-0.15, -0.1) is 0 Å². The third kappa shape index (κ3) is 4.70. The van der Waals surface area contributed by atoms with E-state index in [0.717, 1.165) is 0 Å². The molecule has 0 unspecified atom stereocenters. The van der Waals surface area contributed by atoms with Crippen molar-refractivity contribution < 1.29 is 42.8 Å². The molecule has 10 heteroatoms. The number of nitrogens with one attached hydrogen (secondary N) is 1. The molecule has 3 rings (SSSR count). The summed E-state index contributed by atoms with van der Waals surface area (Å²) in [5.41, 5.74) is 1.00. The van der Waals surface area contributed by atoms with Crippen LogP contribution >= 0.6 is 0 Å². The van der Waals surface area contributed by atoms with Crippen LogP contribution in [0.5, 0.6) is 23.0 Å². The first kappa shape index (κ1) is 26.1. The second-order valence-electron chi connectivity index (χ2n) is 7.53. The highest BCUT2D eigenvalue weighted by Crippen LogP contribution is 2.45. The average molecular weight is 498 g/mol. The number of methoxy groups -OCH3 is 6. The fraction of sp³-hybridized carbons (Fsp3) is 0.269. The minimum Gasteiger partial charge on any atom is -0.493 e. The SMILES string of the molecule is COC(=O)c1cc2cc(OC)c(OC)cc2c(-c2cc(NC(C)=O)c(OC)c(OC)c2)c1C(=O)OC. The summed E-state index contributed by atoms with van der Waals surface area (Å²) in [5.74, 6) is -0.469. The van der Waals surface area contributed by atoms with E-state index in [9.17, 15) is 14.4 Å². The van der Waals surface area contributed by atoms with Crippen molar-refractivity contribution in [2.75, 3.05) is 48.0 Å². The first-order chi connectivity index (χ1) is 17.2. The maximum absolute atomic E-state index is 13.1. The Hall–Kier alpha value is -4.47. The van der Waals surface area contributed by atoms with E-state index in [1.165, 1.54) is 55.6 Å². The van der Waals surface area contributed by atoms with E-state index in [0.29, 0.717) is 39.1 Å². The zero-order valence-electron chi connectivity index (χ0n) is 21.1. The van der Waals surface area contributed by atoms with Gasteiger partial charge in [-0.25, -0.2) is 9.59 Å². The summed E-state index contributed by atoms with van der Waals surface area (Å²) >= 11 is 0. The Morgan fingerprint density at radius 2 is 1.31 bits per heavy atom. The van der Waals surface area contributed by atoms with Gasteiger partial charge in [-0.1, -0.05) is 0 Å². The van der Waals surface area contributed by atoms with Gasteiger partial charge in [-0.05, 0) is 46.7 Å². The fourth-order valence-corrected chi connectivity index (χ4v) is 4.00. The van der Waals surface area contributed by atoms with Crippen molar-refractivity contribution in [2.45, 2.75) is 6.92 Å². The Morgan fingerprint density at radius 3 is 1.83 bits per heavy atom. The van der Waals surface area contributed by atoms with E-state index in [2.05, 4.69) is 5.32 Å². The molecular weight excluding hydrogens is 470 g/mol. The number of fused-ring (bicyclic) bond motifs is 1. The Balaban J connectivity index is 2.60. The normalized spacial score (nSPS) is 10.4. The van der Waals surface area contributed by atoms with Crippen LogP contribution in [0.4, 0.5) is 5.69 Å². The minimum absolute atomic E-state index is 0.0186. The summed E-state index contributed by atoms with van der Waals surface area (Å²) < 4.78 is 31.9. The van der Waals surface area contributed by atoms with Crippen LogP contribution in [0, 0.1) is 0 Å². The lowest BCUT2D eigenvalue weighted by Gasteiger charge is -2.20. The quantitative estimate of drug-likeness (QED) is 0.459. The number of hydrogen-bond acceptors (Lipinski definition) is 9. The molecule has 190 valence electrons. The molecule has 1 N–H and O–H groups in total. The molecule has 36 heavy (non-hydrogen) atoms. The number of hydrogen-bond donors (Lipinski definition) is 1. The standard InChI is InChI=1S/C26H27NO9/c1-13(28)27-18-9-15(11-21(33-4)24(18)34-5)22-16-12-20(32-3)19(31-2)10-14(16)8-17(25(29)35-6)23(22)26(30)36-7/h8-12H,1-7H3,(H,27,28). The summed E-state index contributed by atoms with van der Waals surface area (Å²) in [5, 5.41) is 3.82. The van der Waals surface area contributed by atoms with Gasteiger partial charge in [0, 0.05) is 12.5 Å². The van der Waals surface area contributed by atoms with Crippen LogP contribution in [-0.4, -0.2) is 60.5 Å². The summed E-state index contributed by atoms with van der Waals surface area (Å²) in [6.45, 7) is 1.35. The number of carbonyl (C=O) groups excluding carboxylic acids is 3. The van der Waals surface area contributed by atoms with Crippen LogP contribution < -0.4 is 24.3 Å². The molecule has 3 aromatic carbocycles. The summed E-state index contributed by atoms with van der Waals surface area (Å²) in [6, 6.07) is 8.13. The third-order valence-corrected chi connectivity index (χ3v) is 5.52. The topological polar surface area (TPSA) is 119 Å². The molecule has 0 atom stereocenters. The van der Waals surface area contributed by atoms with Crippen LogP contribution in [0.1, 0.15) is 27.6 Å². The number of ether oxygens (including phenoxy) is 6. The van der Waals surface area contributed by atoms with Gasteiger partial charge >= 0.3 is 11.9 Å². The zero-order chi connectivity index (χ0) is 26.6. The smallest absolute Gasteiger partial charge is 0.339 e. The molecule has 0 bridgehead atoms. The molecule has 0 fully saturated rings. The van der Waals surface area contributed by atoms with Gasteiger partial charge in [-0.3, -0.25) is 4.79 Å². The number of benzene rings is 3. The maximum atomic E-state index is 13.1.